The van der Waals surface area contributed by atoms with Gasteiger partial charge in [0, 0.05) is 24.5 Å². The molecule has 5 heteroatoms. The van der Waals surface area contributed by atoms with Crippen LogP contribution in [0.2, 0.25) is 0 Å². The summed E-state index contributed by atoms with van der Waals surface area (Å²) < 4.78 is 0. The maximum absolute atomic E-state index is 10.8. The first-order valence-corrected chi connectivity index (χ1v) is 6.52. The molecule has 4 nitrogen and oxygen atoms in total. The van der Waals surface area contributed by atoms with Gasteiger partial charge in [-0.2, -0.15) is 0 Å². The van der Waals surface area contributed by atoms with Crippen molar-refractivity contribution in [3.63, 3.8) is 0 Å². The first-order chi connectivity index (χ1) is 9.54. The van der Waals surface area contributed by atoms with Gasteiger partial charge in [0.2, 0.25) is 0 Å². The molecule has 2 aromatic rings. The zero-order valence-electron chi connectivity index (χ0n) is 12.1. The van der Waals surface area contributed by atoms with Crippen LogP contribution in [-0.4, -0.2) is 16.1 Å². The summed E-state index contributed by atoms with van der Waals surface area (Å²) in [6.45, 7) is 5.45. The van der Waals surface area contributed by atoms with Crippen molar-refractivity contribution < 1.29 is 9.90 Å². The molecule has 1 aromatic heterocycles. The molecule has 0 bridgehead atoms. The minimum atomic E-state index is -0.896. The Balaban J connectivity index is 0.00000220. The van der Waals surface area contributed by atoms with Crippen LogP contribution in [0.1, 0.15) is 32.9 Å². The maximum Gasteiger partial charge on any atom is 0.335 e. The summed E-state index contributed by atoms with van der Waals surface area (Å²) in [6, 6.07) is 11.0. The minimum absolute atomic E-state index is 0. The summed E-state index contributed by atoms with van der Waals surface area (Å²) >= 11 is 0. The Bertz CT molecular complexity index is 592. The third-order valence-corrected chi connectivity index (χ3v) is 3.00. The van der Waals surface area contributed by atoms with Crippen molar-refractivity contribution in [2.75, 3.05) is 0 Å². The lowest BCUT2D eigenvalue weighted by Crippen LogP contribution is -2.13. The Hall–Kier alpha value is -1.91. The summed E-state index contributed by atoms with van der Waals surface area (Å²) in [6.07, 6.45) is 0. The van der Waals surface area contributed by atoms with Crippen LogP contribution in [0, 0.1) is 13.8 Å². The molecule has 0 saturated heterocycles. The zero-order valence-corrected chi connectivity index (χ0v) is 12.9. The summed E-state index contributed by atoms with van der Waals surface area (Å²) in [5.41, 5.74) is 4.63. The fraction of sp³-hybridized carbons (Fsp3) is 0.250. The van der Waals surface area contributed by atoms with E-state index in [0.29, 0.717) is 12.1 Å². The number of aromatic carboxylic acids is 1. The second kappa shape index (κ2) is 7.76. The molecule has 1 heterocycles. The van der Waals surface area contributed by atoms with Crippen LogP contribution < -0.4 is 5.32 Å². The molecule has 0 spiro atoms. The molecule has 0 radical (unpaired) electrons. The smallest absolute Gasteiger partial charge is 0.335 e. The molecule has 0 aliphatic carbocycles. The van der Waals surface area contributed by atoms with Gasteiger partial charge in [-0.3, -0.25) is 4.98 Å². The monoisotopic (exact) mass is 306 g/mol. The number of carboxylic acids is 1. The maximum atomic E-state index is 10.8. The largest absolute Gasteiger partial charge is 0.478 e. The zero-order chi connectivity index (χ0) is 14.5. The second-order valence-electron chi connectivity index (χ2n) is 4.86. The van der Waals surface area contributed by atoms with E-state index >= 15 is 0 Å². The Morgan fingerprint density at radius 3 is 2.10 bits per heavy atom. The number of hydrogen-bond donors (Lipinski definition) is 2. The summed E-state index contributed by atoms with van der Waals surface area (Å²) in [5.74, 6) is -0.896. The minimum Gasteiger partial charge on any atom is -0.478 e. The molecular weight excluding hydrogens is 288 g/mol. The van der Waals surface area contributed by atoms with Crippen LogP contribution in [0.25, 0.3) is 0 Å². The highest BCUT2D eigenvalue weighted by molar-refractivity contribution is 5.87. The van der Waals surface area contributed by atoms with E-state index in [0.717, 1.165) is 23.5 Å². The molecule has 0 unspecified atom stereocenters. The predicted molar refractivity (Wildman–Crippen MR) is 84.9 cm³/mol. The number of nitrogens with zero attached hydrogens (tertiary/aromatic N) is 1. The number of hydrogen-bond acceptors (Lipinski definition) is 3. The third-order valence-electron chi connectivity index (χ3n) is 3.00. The Morgan fingerprint density at radius 2 is 1.57 bits per heavy atom. The van der Waals surface area contributed by atoms with Gasteiger partial charge in [-0.05, 0) is 49.2 Å². The van der Waals surface area contributed by atoms with Gasteiger partial charge in [0.05, 0.1) is 5.56 Å². The number of carbonyl (C=O) groups is 1. The number of benzene rings is 1. The van der Waals surface area contributed by atoms with Crippen LogP contribution in [0.15, 0.2) is 36.4 Å². The van der Waals surface area contributed by atoms with E-state index in [1.165, 1.54) is 5.56 Å². The lowest BCUT2D eigenvalue weighted by Gasteiger charge is -2.07. The van der Waals surface area contributed by atoms with Crippen LogP contribution in [0.4, 0.5) is 0 Å². The highest BCUT2D eigenvalue weighted by Crippen LogP contribution is 2.07. The molecular formula is C16H19ClN2O2. The lowest BCUT2D eigenvalue weighted by atomic mass is 10.1. The summed E-state index contributed by atoms with van der Waals surface area (Å²) in [5, 5.41) is 12.2. The van der Waals surface area contributed by atoms with E-state index in [1.54, 1.807) is 12.1 Å². The first kappa shape index (κ1) is 17.1. The van der Waals surface area contributed by atoms with Crippen LogP contribution in [0.5, 0.6) is 0 Å². The van der Waals surface area contributed by atoms with E-state index in [-0.39, 0.29) is 12.4 Å². The van der Waals surface area contributed by atoms with Crippen molar-refractivity contribution >= 4 is 18.4 Å². The fourth-order valence-corrected chi connectivity index (χ4v) is 2.14. The number of halogens is 1. The molecule has 0 saturated carbocycles. The van der Waals surface area contributed by atoms with E-state index in [1.807, 2.05) is 26.0 Å². The molecule has 1 aromatic carbocycles. The van der Waals surface area contributed by atoms with E-state index < -0.39 is 5.97 Å². The topological polar surface area (TPSA) is 62.2 Å². The predicted octanol–water partition coefficient (Wildman–Crippen LogP) is 3.11. The molecule has 2 N–H and O–H groups in total. The van der Waals surface area contributed by atoms with Gasteiger partial charge >= 0.3 is 5.97 Å². The van der Waals surface area contributed by atoms with Crippen LogP contribution >= 0.6 is 12.4 Å². The molecule has 21 heavy (non-hydrogen) atoms. The van der Waals surface area contributed by atoms with Crippen molar-refractivity contribution in [3.05, 3.63) is 64.5 Å². The lowest BCUT2D eigenvalue weighted by molar-refractivity contribution is 0.0697. The quantitative estimate of drug-likeness (QED) is 0.891. The Morgan fingerprint density at radius 1 is 1.05 bits per heavy atom. The number of rotatable bonds is 5. The SMILES string of the molecule is Cc1cc(CNCc2ccc(C(=O)O)cc2)cc(C)n1.Cl. The van der Waals surface area contributed by atoms with Crippen molar-refractivity contribution in [1.29, 1.82) is 0 Å². The normalized spacial score (nSPS) is 10.0. The van der Waals surface area contributed by atoms with Crippen LogP contribution in [-0.2, 0) is 13.1 Å². The number of aryl methyl sites for hydroxylation is 2. The summed E-state index contributed by atoms with van der Waals surface area (Å²) in [4.78, 5) is 15.1. The van der Waals surface area contributed by atoms with Gasteiger partial charge in [0.15, 0.2) is 0 Å². The fourth-order valence-electron chi connectivity index (χ4n) is 2.14. The van der Waals surface area contributed by atoms with Gasteiger partial charge in [0.1, 0.15) is 0 Å². The van der Waals surface area contributed by atoms with Crippen molar-refractivity contribution in [2.24, 2.45) is 0 Å². The van der Waals surface area contributed by atoms with Gasteiger partial charge < -0.3 is 10.4 Å². The summed E-state index contributed by atoms with van der Waals surface area (Å²) in [7, 11) is 0. The standard InChI is InChI=1S/C16H18N2O2.ClH/c1-11-7-14(8-12(2)18-11)10-17-9-13-3-5-15(6-4-13)16(19)20;/h3-8,17H,9-10H2,1-2H3,(H,19,20);1H. The highest BCUT2D eigenvalue weighted by atomic mass is 35.5. The van der Waals surface area contributed by atoms with Crippen molar-refractivity contribution in [1.82, 2.24) is 10.3 Å². The Kier molecular flexibility index (Phi) is 6.34. The van der Waals surface area contributed by atoms with Gasteiger partial charge in [0.25, 0.3) is 0 Å². The van der Waals surface area contributed by atoms with Crippen molar-refractivity contribution in [2.45, 2.75) is 26.9 Å². The van der Waals surface area contributed by atoms with E-state index in [2.05, 4.69) is 22.4 Å². The van der Waals surface area contributed by atoms with E-state index in [4.69, 9.17) is 5.11 Å². The highest BCUT2D eigenvalue weighted by Gasteiger charge is 2.02. The third kappa shape index (κ3) is 5.17. The molecule has 0 aliphatic heterocycles. The average Bonchev–Trinajstić information content (AvgIpc) is 2.38. The molecule has 0 amide bonds. The number of pyridine rings is 1. The van der Waals surface area contributed by atoms with Gasteiger partial charge in [-0.1, -0.05) is 12.1 Å². The molecule has 0 fully saturated rings. The average molecular weight is 307 g/mol. The molecule has 0 atom stereocenters. The van der Waals surface area contributed by atoms with Crippen molar-refractivity contribution in [3.8, 4) is 0 Å². The van der Waals surface area contributed by atoms with Gasteiger partial charge in [-0.25, -0.2) is 4.79 Å². The second-order valence-corrected chi connectivity index (χ2v) is 4.86. The molecule has 2 rings (SSSR count). The number of nitrogens with one attached hydrogen (secondary N) is 1. The molecule has 0 aliphatic rings. The molecule has 112 valence electrons. The van der Waals surface area contributed by atoms with Crippen LogP contribution in [0.3, 0.4) is 0 Å². The number of carboxylic acid groups (broad SMARTS) is 1. The number of aromatic nitrogens is 1. The first-order valence-electron chi connectivity index (χ1n) is 6.52. The van der Waals surface area contributed by atoms with Gasteiger partial charge in [-0.15, -0.1) is 12.4 Å². The Labute approximate surface area is 130 Å². The van der Waals surface area contributed by atoms with E-state index in [9.17, 15) is 4.79 Å².